The smallest absolute Gasteiger partial charge is 0.279 e. The maximum Gasteiger partial charge on any atom is 0.279 e. The molecule has 1 unspecified atom stereocenters. The van der Waals surface area contributed by atoms with Crippen LogP contribution in [0, 0.1) is 28.9 Å². The van der Waals surface area contributed by atoms with Crippen molar-refractivity contribution >= 4 is 10.2 Å². The van der Waals surface area contributed by atoms with E-state index in [1.807, 2.05) is 6.07 Å². The van der Waals surface area contributed by atoms with E-state index in [4.69, 9.17) is 5.26 Å². The molecular weight excluding hydrogens is 304 g/mol. The summed E-state index contributed by atoms with van der Waals surface area (Å²) in [5, 5.41) is 18.4. The second-order valence-corrected chi connectivity index (χ2v) is 6.44. The molecule has 0 radical (unpaired) electrons. The van der Waals surface area contributed by atoms with Gasteiger partial charge in [0.05, 0.1) is 18.1 Å². The lowest BCUT2D eigenvalue weighted by Crippen LogP contribution is -2.53. The minimum atomic E-state index is -3.78. The van der Waals surface area contributed by atoms with Crippen molar-refractivity contribution in [1.29, 1.82) is 5.26 Å². The van der Waals surface area contributed by atoms with Crippen LogP contribution in [0.4, 0.5) is 8.78 Å². The molecule has 114 valence electrons. The lowest BCUT2D eigenvalue weighted by Gasteiger charge is -2.34. The zero-order chi connectivity index (χ0) is 15.6. The Morgan fingerprint density at radius 2 is 2.10 bits per heavy atom. The molecule has 1 fully saturated rings. The van der Waals surface area contributed by atoms with Gasteiger partial charge in [-0.15, -0.1) is 0 Å². The highest BCUT2D eigenvalue weighted by Gasteiger charge is 2.35. The van der Waals surface area contributed by atoms with E-state index in [0.29, 0.717) is 0 Å². The molecule has 1 aliphatic heterocycles. The Labute approximate surface area is 120 Å². The van der Waals surface area contributed by atoms with Crippen molar-refractivity contribution in [1.82, 2.24) is 9.03 Å². The van der Waals surface area contributed by atoms with Crippen LogP contribution in [0.2, 0.25) is 0 Å². The van der Waals surface area contributed by atoms with Gasteiger partial charge in [0.25, 0.3) is 10.2 Å². The van der Waals surface area contributed by atoms with E-state index in [1.54, 1.807) is 0 Å². The summed E-state index contributed by atoms with van der Waals surface area (Å²) in [6.45, 7) is -0.165. The topological polar surface area (TPSA) is 93.4 Å². The molecule has 1 heterocycles. The summed E-state index contributed by atoms with van der Waals surface area (Å²) in [5.41, 5.74) is 0.0649. The number of hydrogen-bond donors (Lipinski definition) is 2. The summed E-state index contributed by atoms with van der Waals surface area (Å²) < 4.78 is 52.6. The normalized spacial score (nSPS) is 18.0. The third kappa shape index (κ3) is 3.54. The van der Waals surface area contributed by atoms with Crippen LogP contribution in [0.5, 0.6) is 0 Å². The molecule has 0 spiro atoms. The van der Waals surface area contributed by atoms with Crippen molar-refractivity contribution < 1.29 is 22.3 Å². The van der Waals surface area contributed by atoms with Crippen LogP contribution in [0.25, 0.3) is 0 Å². The van der Waals surface area contributed by atoms with Crippen LogP contribution in [0.1, 0.15) is 11.7 Å². The number of halogens is 2. The van der Waals surface area contributed by atoms with Crippen molar-refractivity contribution in [3.8, 4) is 6.07 Å². The number of aliphatic hydroxyl groups is 1. The lowest BCUT2D eigenvalue weighted by molar-refractivity contribution is 0.178. The lowest BCUT2D eigenvalue weighted by atomic mass is 10.1. The fourth-order valence-electron chi connectivity index (χ4n) is 1.83. The van der Waals surface area contributed by atoms with Crippen molar-refractivity contribution in [3.63, 3.8) is 0 Å². The van der Waals surface area contributed by atoms with Gasteiger partial charge in [0.15, 0.2) is 11.6 Å². The van der Waals surface area contributed by atoms with Gasteiger partial charge in [0.2, 0.25) is 0 Å². The standard InChI is InChI=1S/C12H13F2N3O3S/c13-10-2-1-9(3-11(10)14)12(18)5-16-21(19,20)17-6-8(4-15)7-17/h1-3,8,12,16,18H,5-7H2. The number of rotatable bonds is 5. The van der Waals surface area contributed by atoms with Gasteiger partial charge in [0.1, 0.15) is 0 Å². The molecule has 6 nitrogen and oxygen atoms in total. The summed E-state index contributed by atoms with van der Waals surface area (Å²) in [7, 11) is -3.78. The summed E-state index contributed by atoms with van der Waals surface area (Å²) in [6.07, 6.45) is -1.30. The number of hydrogen-bond acceptors (Lipinski definition) is 4. The van der Waals surface area contributed by atoms with Crippen molar-refractivity contribution in [3.05, 3.63) is 35.4 Å². The van der Waals surface area contributed by atoms with Crippen LogP contribution < -0.4 is 4.72 Å². The van der Waals surface area contributed by atoms with Crippen LogP contribution in [-0.2, 0) is 10.2 Å². The first kappa shape index (κ1) is 15.8. The first-order valence-corrected chi connectivity index (χ1v) is 7.55. The fraction of sp³-hybridized carbons (Fsp3) is 0.417. The second-order valence-electron chi connectivity index (χ2n) is 4.69. The molecule has 0 saturated carbocycles. The molecule has 0 aliphatic carbocycles. The SMILES string of the molecule is N#CC1CN(S(=O)(=O)NCC(O)c2ccc(F)c(F)c2)C1. The van der Waals surface area contributed by atoms with Gasteiger partial charge in [-0.25, -0.2) is 8.78 Å². The van der Waals surface area contributed by atoms with Crippen molar-refractivity contribution in [2.75, 3.05) is 19.6 Å². The molecule has 1 aromatic carbocycles. The van der Waals surface area contributed by atoms with Crippen LogP contribution in [0.3, 0.4) is 0 Å². The second kappa shape index (κ2) is 6.03. The number of nitrogens with one attached hydrogen (secondary N) is 1. The van der Waals surface area contributed by atoms with Gasteiger partial charge in [-0.05, 0) is 17.7 Å². The molecule has 0 aromatic heterocycles. The molecule has 2 rings (SSSR count). The van der Waals surface area contributed by atoms with Gasteiger partial charge < -0.3 is 5.11 Å². The van der Waals surface area contributed by atoms with E-state index in [0.717, 1.165) is 16.4 Å². The maximum absolute atomic E-state index is 13.0. The number of benzene rings is 1. The first-order valence-electron chi connectivity index (χ1n) is 6.11. The average Bonchev–Trinajstić information content (AvgIpc) is 2.38. The van der Waals surface area contributed by atoms with Crippen molar-refractivity contribution in [2.45, 2.75) is 6.10 Å². The zero-order valence-corrected chi connectivity index (χ0v) is 11.6. The number of nitriles is 1. The van der Waals surface area contributed by atoms with Gasteiger partial charge in [-0.1, -0.05) is 6.07 Å². The highest BCUT2D eigenvalue weighted by atomic mass is 32.2. The Balaban J connectivity index is 1.93. The molecule has 2 N–H and O–H groups in total. The summed E-state index contributed by atoms with van der Waals surface area (Å²) in [5.74, 6) is -2.48. The maximum atomic E-state index is 13.0. The molecule has 0 amide bonds. The zero-order valence-electron chi connectivity index (χ0n) is 10.8. The summed E-state index contributed by atoms with van der Waals surface area (Å²) in [6, 6.07) is 4.78. The van der Waals surface area contributed by atoms with Gasteiger partial charge in [-0.3, -0.25) is 0 Å². The molecular formula is C12H13F2N3O3S. The third-order valence-electron chi connectivity index (χ3n) is 3.16. The Morgan fingerprint density at radius 3 is 2.67 bits per heavy atom. The van der Waals surface area contributed by atoms with E-state index in [2.05, 4.69) is 4.72 Å². The monoisotopic (exact) mass is 317 g/mol. The number of nitrogens with zero attached hydrogens (tertiary/aromatic N) is 2. The van der Waals surface area contributed by atoms with Crippen LogP contribution in [0.15, 0.2) is 18.2 Å². The predicted octanol–water partition coefficient (Wildman–Crippen LogP) is 0.288. The molecule has 21 heavy (non-hydrogen) atoms. The molecule has 1 saturated heterocycles. The summed E-state index contributed by atoms with van der Waals surface area (Å²) in [4.78, 5) is 0. The average molecular weight is 317 g/mol. The molecule has 1 aromatic rings. The summed E-state index contributed by atoms with van der Waals surface area (Å²) >= 11 is 0. The minimum absolute atomic E-state index is 0.0649. The predicted molar refractivity (Wildman–Crippen MR) is 68.9 cm³/mol. The Kier molecular flexibility index (Phi) is 4.53. The highest BCUT2D eigenvalue weighted by molar-refractivity contribution is 7.87. The number of aliphatic hydroxyl groups excluding tert-OH is 1. The Morgan fingerprint density at radius 1 is 1.43 bits per heavy atom. The highest BCUT2D eigenvalue weighted by Crippen LogP contribution is 2.19. The van der Waals surface area contributed by atoms with Crippen LogP contribution >= 0.6 is 0 Å². The third-order valence-corrected chi connectivity index (χ3v) is 4.67. The van der Waals surface area contributed by atoms with Crippen LogP contribution in [-0.4, -0.2) is 37.5 Å². The van der Waals surface area contributed by atoms with E-state index >= 15 is 0 Å². The Bertz CT molecular complexity index is 669. The largest absolute Gasteiger partial charge is 0.387 e. The molecule has 9 heteroatoms. The van der Waals surface area contributed by atoms with Gasteiger partial charge in [0, 0.05) is 19.6 Å². The van der Waals surface area contributed by atoms with E-state index in [1.165, 1.54) is 6.07 Å². The fourth-order valence-corrected chi connectivity index (χ4v) is 3.13. The quantitative estimate of drug-likeness (QED) is 0.816. The minimum Gasteiger partial charge on any atom is -0.387 e. The Hall–Kier alpha value is -1.60. The van der Waals surface area contributed by atoms with E-state index in [-0.39, 0.29) is 31.1 Å². The molecule has 1 aliphatic rings. The van der Waals surface area contributed by atoms with Gasteiger partial charge >= 0.3 is 0 Å². The van der Waals surface area contributed by atoms with Gasteiger partial charge in [-0.2, -0.15) is 22.7 Å². The first-order chi connectivity index (χ1) is 9.83. The van der Waals surface area contributed by atoms with E-state index in [9.17, 15) is 22.3 Å². The van der Waals surface area contributed by atoms with Crippen molar-refractivity contribution in [2.24, 2.45) is 5.92 Å². The molecule has 0 bridgehead atoms. The van der Waals surface area contributed by atoms with E-state index < -0.39 is 27.9 Å². The molecule has 1 atom stereocenters.